The summed E-state index contributed by atoms with van der Waals surface area (Å²) in [7, 11) is 0. The topological polar surface area (TPSA) is 90.1 Å². The van der Waals surface area contributed by atoms with Crippen LogP contribution in [0.1, 0.15) is 32.6 Å². The number of H-pyrrole nitrogens is 1. The zero-order chi connectivity index (χ0) is 22.1. The average molecular weight is 450 g/mol. The molecule has 3 N–H and O–H groups in total. The molecule has 3 heterocycles. The zero-order valence-electron chi connectivity index (χ0n) is 18.1. The van der Waals surface area contributed by atoms with Gasteiger partial charge in [0, 0.05) is 48.5 Å². The van der Waals surface area contributed by atoms with E-state index in [1.54, 1.807) is 18.9 Å². The van der Waals surface area contributed by atoms with Gasteiger partial charge in [-0.25, -0.2) is 4.98 Å². The van der Waals surface area contributed by atoms with Crippen LogP contribution in [-0.4, -0.2) is 45.0 Å². The van der Waals surface area contributed by atoms with Crippen LogP contribution in [0.5, 0.6) is 0 Å². The van der Waals surface area contributed by atoms with Gasteiger partial charge in [-0.2, -0.15) is 0 Å². The van der Waals surface area contributed by atoms with E-state index >= 15 is 0 Å². The Bertz CT molecular complexity index is 1130. The van der Waals surface area contributed by atoms with Crippen molar-refractivity contribution in [3.05, 3.63) is 42.6 Å². The smallest absolute Gasteiger partial charge is 0.228 e. The molecular weight excluding hydrogens is 422 g/mol. The van der Waals surface area contributed by atoms with Gasteiger partial charge in [-0.1, -0.05) is 12.1 Å². The van der Waals surface area contributed by atoms with Gasteiger partial charge in [0.15, 0.2) is 0 Å². The van der Waals surface area contributed by atoms with E-state index in [1.807, 2.05) is 23.2 Å². The molecule has 2 aliphatic rings. The molecule has 1 aliphatic heterocycles. The van der Waals surface area contributed by atoms with Crippen LogP contribution in [0.25, 0.3) is 22.2 Å². The lowest BCUT2D eigenvalue weighted by molar-refractivity contribution is -0.129. The maximum Gasteiger partial charge on any atom is 0.228 e. The highest BCUT2D eigenvalue weighted by atomic mass is 32.2. The molecular formula is C24H27N5O2S. The minimum Gasteiger partial charge on any atom is -0.346 e. The Morgan fingerprint density at radius 1 is 1.09 bits per heavy atom. The Morgan fingerprint density at radius 3 is 2.53 bits per heavy atom. The third-order valence-electron chi connectivity index (χ3n) is 6.15. The van der Waals surface area contributed by atoms with Gasteiger partial charge in [-0.05, 0) is 73.0 Å². The Balaban J connectivity index is 1.27. The number of nitrogens with one attached hydrogen (secondary N) is 3. The molecule has 1 aliphatic carbocycles. The molecule has 0 bridgehead atoms. The van der Waals surface area contributed by atoms with Gasteiger partial charge in [0.25, 0.3) is 0 Å². The van der Waals surface area contributed by atoms with Crippen LogP contribution >= 0.6 is 11.9 Å². The van der Waals surface area contributed by atoms with Gasteiger partial charge in [0.05, 0.1) is 0 Å². The standard InChI is InChI=1S/C24H27N5O2S/c1-15(30)29-12-9-19(10-13-29)32-28-18-6-4-16(5-7-18)21-14-22(27-24(31)17-2-3-17)26-23-20(21)8-11-25-23/h4-8,11,14,17,19,28H,2-3,9-10,12-13H2,1H3,(H2,25,26,27,31). The van der Waals surface area contributed by atoms with E-state index in [-0.39, 0.29) is 17.7 Å². The van der Waals surface area contributed by atoms with Crippen molar-refractivity contribution in [2.24, 2.45) is 5.92 Å². The average Bonchev–Trinajstić information content (AvgIpc) is 3.56. The molecule has 32 heavy (non-hydrogen) atoms. The summed E-state index contributed by atoms with van der Waals surface area (Å²) in [4.78, 5) is 33.3. The number of nitrogens with zero attached hydrogens (tertiary/aromatic N) is 2. The molecule has 3 aromatic rings. The van der Waals surface area contributed by atoms with Crippen molar-refractivity contribution in [3.63, 3.8) is 0 Å². The minimum atomic E-state index is 0.0556. The summed E-state index contributed by atoms with van der Waals surface area (Å²) in [6.07, 6.45) is 5.81. The van der Waals surface area contributed by atoms with Gasteiger partial charge >= 0.3 is 0 Å². The van der Waals surface area contributed by atoms with Crippen molar-refractivity contribution in [2.75, 3.05) is 23.1 Å². The molecule has 1 aromatic carbocycles. The molecule has 0 spiro atoms. The fraction of sp³-hybridized carbons (Fsp3) is 0.375. The van der Waals surface area contributed by atoms with E-state index in [2.05, 4.69) is 44.3 Å². The zero-order valence-corrected chi connectivity index (χ0v) is 18.9. The Hall–Kier alpha value is -3.00. The number of fused-ring (bicyclic) bond motifs is 1. The maximum atomic E-state index is 12.2. The second-order valence-electron chi connectivity index (χ2n) is 8.56. The molecule has 5 rings (SSSR count). The number of carbonyl (C=O) groups excluding carboxylic acids is 2. The first-order chi connectivity index (χ1) is 15.6. The van der Waals surface area contributed by atoms with Crippen LogP contribution in [0.2, 0.25) is 0 Å². The fourth-order valence-electron chi connectivity index (χ4n) is 4.07. The number of benzene rings is 1. The third kappa shape index (κ3) is 4.60. The third-order valence-corrected chi connectivity index (χ3v) is 7.31. The second kappa shape index (κ2) is 8.86. The number of carbonyl (C=O) groups is 2. The molecule has 8 heteroatoms. The summed E-state index contributed by atoms with van der Waals surface area (Å²) >= 11 is 1.74. The summed E-state index contributed by atoms with van der Waals surface area (Å²) < 4.78 is 3.46. The molecule has 1 saturated carbocycles. The van der Waals surface area contributed by atoms with Crippen LogP contribution < -0.4 is 10.0 Å². The molecule has 166 valence electrons. The summed E-state index contributed by atoms with van der Waals surface area (Å²) in [6.45, 7) is 3.31. The number of rotatable bonds is 6. The molecule has 7 nitrogen and oxygen atoms in total. The lowest BCUT2D eigenvalue weighted by Crippen LogP contribution is -2.38. The largest absolute Gasteiger partial charge is 0.346 e. The van der Waals surface area contributed by atoms with E-state index in [1.165, 1.54) is 0 Å². The Morgan fingerprint density at radius 2 is 1.84 bits per heavy atom. The van der Waals surface area contributed by atoms with Crippen molar-refractivity contribution >= 4 is 46.3 Å². The van der Waals surface area contributed by atoms with E-state index in [9.17, 15) is 9.59 Å². The first-order valence-corrected chi connectivity index (χ1v) is 12.0. The molecule has 2 aromatic heterocycles. The summed E-state index contributed by atoms with van der Waals surface area (Å²) in [5, 5.41) is 4.50. The van der Waals surface area contributed by atoms with Gasteiger partial charge in [-0.3, -0.25) is 9.59 Å². The number of hydrogen-bond donors (Lipinski definition) is 3. The maximum absolute atomic E-state index is 12.2. The number of amides is 2. The highest BCUT2D eigenvalue weighted by Gasteiger charge is 2.30. The predicted molar refractivity (Wildman–Crippen MR) is 129 cm³/mol. The SMILES string of the molecule is CC(=O)N1CCC(SNc2ccc(-c3cc(NC(=O)C4CC4)nc4[nH]ccc34)cc2)CC1. The number of aromatic amines is 1. The van der Waals surface area contributed by atoms with E-state index in [4.69, 9.17) is 0 Å². The molecule has 0 unspecified atom stereocenters. The van der Waals surface area contributed by atoms with Crippen LogP contribution in [0.3, 0.4) is 0 Å². The molecule has 2 fully saturated rings. The number of aromatic nitrogens is 2. The number of pyridine rings is 1. The van der Waals surface area contributed by atoms with E-state index in [0.717, 1.165) is 66.6 Å². The van der Waals surface area contributed by atoms with Crippen LogP contribution in [0.4, 0.5) is 11.5 Å². The lowest BCUT2D eigenvalue weighted by Gasteiger charge is -2.30. The summed E-state index contributed by atoms with van der Waals surface area (Å²) in [5.41, 5.74) is 3.93. The summed E-state index contributed by atoms with van der Waals surface area (Å²) in [6, 6.07) is 12.3. The Labute approximate surface area is 191 Å². The predicted octanol–water partition coefficient (Wildman–Crippen LogP) is 4.65. The number of anilines is 2. The highest BCUT2D eigenvalue weighted by Crippen LogP contribution is 2.34. The highest BCUT2D eigenvalue weighted by molar-refractivity contribution is 8.01. The molecule has 1 saturated heterocycles. The van der Waals surface area contributed by atoms with E-state index in [0.29, 0.717) is 11.1 Å². The first kappa shape index (κ1) is 20.9. The number of likely N-dealkylation sites (tertiary alicyclic amines) is 1. The van der Waals surface area contributed by atoms with Crippen LogP contribution in [-0.2, 0) is 9.59 Å². The molecule has 0 radical (unpaired) electrons. The molecule has 2 amide bonds. The Kier molecular flexibility index (Phi) is 5.78. The minimum absolute atomic E-state index is 0.0556. The van der Waals surface area contributed by atoms with Gasteiger partial charge in [0.2, 0.25) is 11.8 Å². The molecule has 0 atom stereocenters. The second-order valence-corrected chi connectivity index (χ2v) is 9.67. The lowest BCUT2D eigenvalue weighted by atomic mass is 10.0. The fourth-order valence-corrected chi connectivity index (χ4v) is 4.96. The normalized spacial score (nSPS) is 16.8. The monoisotopic (exact) mass is 449 g/mol. The van der Waals surface area contributed by atoms with Crippen LogP contribution in [0.15, 0.2) is 42.6 Å². The van der Waals surface area contributed by atoms with Crippen LogP contribution in [0, 0.1) is 5.92 Å². The number of piperidine rings is 1. The van der Waals surface area contributed by atoms with Gasteiger partial charge in [-0.15, -0.1) is 0 Å². The quantitative estimate of drug-likeness (QED) is 0.477. The van der Waals surface area contributed by atoms with Gasteiger partial charge in [0.1, 0.15) is 11.5 Å². The van der Waals surface area contributed by atoms with Crippen molar-refractivity contribution in [2.45, 2.75) is 37.9 Å². The summed E-state index contributed by atoms with van der Waals surface area (Å²) in [5.74, 6) is 0.943. The number of hydrogen-bond acceptors (Lipinski definition) is 5. The van der Waals surface area contributed by atoms with Gasteiger partial charge < -0.3 is 19.9 Å². The van der Waals surface area contributed by atoms with Crippen molar-refractivity contribution in [1.82, 2.24) is 14.9 Å². The van der Waals surface area contributed by atoms with Crippen molar-refractivity contribution in [3.8, 4) is 11.1 Å². The first-order valence-electron chi connectivity index (χ1n) is 11.1. The van der Waals surface area contributed by atoms with E-state index < -0.39 is 0 Å². The van der Waals surface area contributed by atoms with Crippen molar-refractivity contribution < 1.29 is 9.59 Å². The van der Waals surface area contributed by atoms with Crippen molar-refractivity contribution in [1.29, 1.82) is 0 Å².